The molecule has 1 aliphatic rings. The number of nitro benzene ring substituents is 1. The van der Waals surface area contributed by atoms with Crippen molar-refractivity contribution in [2.75, 3.05) is 0 Å². The van der Waals surface area contributed by atoms with Crippen LogP contribution in [0.15, 0.2) is 74.9 Å². The zero-order valence-corrected chi connectivity index (χ0v) is 18.7. The molecule has 3 rings (SSSR count). The smallest absolute Gasteiger partial charge is 0.273 e. The molecule has 152 valence electrons. The van der Waals surface area contributed by atoms with E-state index in [1.807, 2.05) is 24.3 Å². The van der Waals surface area contributed by atoms with Crippen LogP contribution in [0.2, 0.25) is 0 Å². The molecule has 0 bridgehead atoms. The first-order valence-corrected chi connectivity index (χ1v) is 10.9. The van der Waals surface area contributed by atoms with Gasteiger partial charge in [0.2, 0.25) is 0 Å². The fourth-order valence-electron chi connectivity index (χ4n) is 3.47. The van der Waals surface area contributed by atoms with Gasteiger partial charge >= 0.3 is 0 Å². The molecule has 6 nitrogen and oxygen atoms in total. The summed E-state index contributed by atoms with van der Waals surface area (Å²) in [7, 11) is 0. The lowest BCUT2D eigenvalue weighted by Crippen LogP contribution is -2.27. The van der Waals surface area contributed by atoms with Crippen molar-refractivity contribution >= 4 is 39.2 Å². The monoisotopic (exact) mass is 483 g/mol. The van der Waals surface area contributed by atoms with Crippen LogP contribution in [0.5, 0.6) is 0 Å². The summed E-state index contributed by atoms with van der Waals surface area (Å²) in [5, 5.41) is 25.1. The van der Waals surface area contributed by atoms with Crippen LogP contribution in [0.3, 0.4) is 0 Å². The van der Waals surface area contributed by atoms with Crippen LogP contribution >= 0.6 is 27.7 Å². The number of carbonyl (C=O) groups is 1. The number of nitrogens with one attached hydrogen (secondary N) is 1. The lowest BCUT2D eigenvalue weighted by Gasteiger charge is -2.30. The molecule has 1 aliphatic heterocycles. The fraction of sp³-hybridized carbons (Fsp3) is 0.182. The number of para-hydroxylation sites is 1. The van der Waals surface area contributed by atoms with Gasteiger partial charge in [0.1, 0.15) is 0 Å². The lowest BCUT2D eigenvalue weighted by molar-refractivity contribution is -0.385. The van der Waals surface area contributed by atoms with Gasteiger partial charge < -0.3 is 5.32 Å². The number of hydrogen-bond donors (Lipinski definition) is 1. The van der Waals surface area contributed by atoms with Gasteiger partial charge in [0, 0.05) is 33.1 Å². The van der Waals surface area contributed by atoms with Gasteiger partial charge in [0.15, 0.2) is 5.78 Å². The molecule has 8 heteroatoms. The minimum absolute atomic E-state index is 0.0407. The van der Waals surface area contributed by atoms with E-state index in [1.54, 1.807) is 25.1 Å². The van der Waals surface area contributed by atoms with E-state index in [1.165, 1.54) is 24.8 Å². The maximum atomic E-state index is 12.4. The zero-order chi connectivity index (χ0) is 21.8. The van der Waals surface area contributed by atoms with Gasteiger partial charge in [0.25, 0.3) is 5.69 Å². The Balaban J connectivity index is 2.05. The number of benzene rings is 2. The van der Waals surface area contributed by atoms with Gasteiger partial charge in [-0.3, -0.25) is 14.9 Å². The van der Waals surface area contributed by atoms with Gasteiger partial charge in [-0.15, -0.1) is 11.8 Å². The standard InChI is InChI=1S/C22H18BrN3O3S/c1-13-20(14(2)27)21(16-8-4-5-9-18(16)23)17(11-24)22(25-13)30-12-15-7-3-6-10-19(15)26(28)29/h3-10,21,25H,12H2,1-2H3/t21-/m1/s1. The molecule has 0 spiro atoms. The molecule has 0 radical (unpaired) electrons. The largest absolute Gasteiger partial charge is 0.353 e. The van der Waals surface area contributed by atoms with E-state index >= 15 is 0 Å². The normalized spacial score (nSPS) is 16.1. The molecule has 0 amide bonds. The second-order valence-electron chi connectivity index (χ2n) is 6.70. The Hall–Kier alpha value is -2.89. The van der Waals surface area contributed by atoms with Gasteiger partial charge in [-0.25, -0.2) is 0 Å². The van der Waals surface area contributed by atoms with Crippen molar-refractivity contribution in [2.24, 2.45) is 0 Å². The third-order valence-electron chi connectivity index (χ3n) is 4.80. The van der Waals surface area contributed by atoms with Gasteiger partial charge in [-0.05, 0) is 25.5 Å². The molecule has 1 atom stereocenters. The molecule has 2 aromatic rings. The Morgan fingerprint density at radius 3 is 2.57 bits per heavy atom. The van der Waals surface area contributed by atoms with Crippen LogP contribution in [-0.4, -0.2) is 10.7 Å². The summed E-state index contributed by atoms with van der Waals surface area (Å²) >= 11 is 4.86. The second kappa shape index (κ2) is 9.28. The summed E-state index contributed by atoms with van der Waals surface area (Å²) in [5.41, 5.74) is 3.06. The first kappa shape index (κ1) is 21.8. The summed E-state index contributed by atoms with van der Waals surface area (Å²) in [4.78, 5) is 23.3. The molecule has 0 aliphatic carbocycles. The molecule has 30 heavy (non-hydrogen) atoms. The molecule has 0 fully saturated rings. The van der Waals surface area contributed by atoms with E-state index in [4.69, 9.17) is 0 Å². The molecule has 0 aromatic heterocycles. The van der Waals surface area contributed by atoms with Crippen molar-refractivity contribution in [3.63, 3.8) is 0 Å². The maximum Gasteiger partial charge on any atom is 0.273 e. The molecule has 0 saturated carbocycles. The maximum absolute atomic E-state index is 12.4. The third kappa shape index (κ3) is 4.32. The van der Waals surface area contributed by atoms with Crippen molar-refractivity contribution in [2.45, 2.75) is 25.5 Å². The number of nitriles is 1. The molecular weight excluding hydrogens is 466 g/mol. The Labute approximate surface area is 187 Å². The highest BCUT2D eigenvalue weighted by Crippen LogP contribution is 2.43. The van der Waals surface area contributed by atoms with Crippen molar-refractivity contribution in [3.05, 3.63) is 96.1 Å². The number of carbonyl (C=O) groups excluding carboxylic acids is 1. The number of dihydropyridines is 1. The van der Waals surface area contributed by atoms with Crippen LogP contribution in [0.25, 0.3) is 0 Å². The minimum atomic E-state index is -0.516. The number of hydrogen-bond acceptors (Lipinski definition) is 6. The fourth-order valence-corrected chi connectivity index (χ4v) is 5.08. The predicted molar refractivity (Wildman–Crippen MR) is 120 cm³/mol. The topological polar surface area (TPSA) is 96.0 Å². The van der Waals surface area contributed by atoms with E-state index in [9.17, 15) is 20.2 Å². The number of thioether (sulfide) groups is 1. The van der Waals surface area contributed by atoms with Crippen LogP contribution in [0.1, 0.15) is 30.9 Å². The number of rotatable bonds is 6. The highest BCUT2D eigenvalue weighted by molar-refractivity contribution is 9.10. The lowest BCUT2D eigenvalue weighted by atomic mass is 9.81. The molecule has 0 unspecified atom stereocenters. The van der Waals surface area contributed by atoms with Crippen molar-refractivity contribution in [1.82, 2.24) is 5.32 Å². The average Bonchev–Trinajstić information content (AvgIpc) is 2.71. The third-order valence-corrected chi connectivity index (χ3v) is 6.59. The van der Waals surface area contributed by atoms with Crippen LogP contribution < -0.4 is 5.32 Å². The number of Topliss-reactive ketones (excluding diaryl/α,β-unsaturated/α-hetero) is 1. The van der Waals surface area contributed by atoms with Crippen LogP contribution in [0, 0.1) is 21.4 Å². The zero-order valence-electron chi connectivity index (χ0n) is 16.3. The molecule has 0 saturated heterocycles. The summed E-state index contributed by atoms with van der Waals surface area (Å²) in [5.74, 6) is -0.315. The van der Waals surface area contributed by atoms with Gasteiger partial charge in [0.05, 0.1) is 27.5 Å². The van der Waals surface area contributed by atoms with E-state index < -0.39 is 10.8 Å². The summed E-state index contributed by atoms with van der Waals surface area (Å²) in [6.07, 6.45) is 0. The highest BCUT2D eigenvalue weighted by atomic mass is 79.9. The number of halogens is 1. The SMILES string of the molecule is CC(=O)C1=C(C)NC(SCc2ccccc2[N+](=O)[O-])=C(C#N)[C@H]1c1ccccc1Br. The molecule has 1 heterocycles. The van der Waals surface area contributed by atoms with E-state index in [0.29, 0.717) is 33.2 Å². The van der Waals surface area contributed by atoms with Crippen LogP contribution in [0.4, 0.5) is 5.69 Å². The Kier molecular flexibility index (Phi) is 6.75. The van der Waals surface area contributed by atoms with Crippen molar-refractivity contribution in [3.8, 4) is 6.07 Å². The Morgan fingerprint density at radius 2 is 1.93 bits per heavy atom. The number of ketones is 1. The van der Waals surface area contributed by atoms with E-state index in [-0.39, 0.29) is 11.5 Å². The molecular formula is C22H18BrN3O3S. The van der Waals surface area contributed by atoms with Gasteiger partial charge in [-0.1, -0.05) is 52.3 Å². The summed E-state index contributed by atoms with van der Waals surface area (Å²) < 4.78 is 0.805. The van der Waals surface area contributed by atoms with E-state index in [0.717, 1.165) is 10.0 Å². The van der Waals surface area contributed by atoms with E-state index in [2.05, 4.69) is 27.3 Å². The van der Waals surface area contributed by atoms with Gasteiger partial charge in [-0.2, -0.15) is 5.26 Å². The first-order chi connectivity index (χ1) is 14.3. The summed E-state index contributed by atoms with van der Waals surface area (Å²) in [6, 6.07) is 16.3. The molecule has 2 aromatic carbocycles. The Bertz CT molecular complexity index is 1130. The minimum Gasteiger partial charge on any atom is -0.353 e. The average molecular weight is 484 g/mol. The second-order valence-corrected chi connectivity index (χ2v) is 8.54. The predicted octanol–water partition coefficient (Wildman–Crippen LogP) is 5.58. The number of nitro groups is 1. The van der Waals surface area contributed by atoms with Crippen molar-refractivity contribution < 1.29 is 9.72 Å². The number of allylic oxidation sites excluding steroid dienone is 3. The first-order valence-electron chi connectivity index (χ1n) is 9.07. The Morgan fingerprint density at radius 1 is 1.27 bits per heavy atom. The quantitative estimate of drug-likeness (QED) is 0.425. The number of nitrogens with zero attached hydrogens (tertiary/aromatic N) is 2. The molecule has 1 N–H and O–H groups in total. The van der Waals surface area contributed by atoms with Crippen LogP contribution in [-0.2, 0) is 10.5 Å². The summed E-state index contributed by atoms with van der Waals surface area (Å²) in [6.45, 7) is 3.30. The highest BCUT2D eigenvalue weighted by Gasteiger charge is 2.34. The van der Waals surface area contributed by atoms with Crippen molar-refractivity contribution in [1.29, 1.82) is 5.26 Å².